The van der Waals surface area contributed by atoms with Gasteiger partial charge in [0.2, 0.25) is 0 Å². The molecule has 0 saturated heterocycles. The molecule has 0 amide bonds. The second-order valence-corrected chi connectivity index (χ2v) is 7.78. The van der Waals surface area contributed by atoms with Crippen LogP contribution in [-0.4, -0.2) is 31.2 Å². The molecule has 162 valence electrons. The van der Waals surface area contributed by atoms with Gasteiger partial charge in [-0.15, -0.1) is 0 Å². The van der Waals surface area contributed by atoms with Crippen molar-refractivity contribution in [2.45, 2.75) is 26.4 Å². The van der Waals surface area contributed by atoms with Gasteiger partial charge >= 0.3 is 5.97 Å². The van der Waals surface area contributed by atoms with E-state index in [-0.39, 0.29) is 36.5 Å². The van der Waals surface area contributed by atoms with Crippen molar-refractivity contribution in [2.75, 3.05) is 0 Å². The Kier molecular flexibility index (Phi) is 5.92. The number of fused-ring (bicyclic) bond motifs is 1. The molecule has 2 aromatic carbocycles. The fourth-order valence-corrected chi connectivity index (χ4v) is 3.97. The van der Waals surface area contributed by atoms with E-state index >= 15 is 0 Å². The highest BCUT2D eigenvalue weighted by molar-refractivity contribution is 6.31. The van der Waals surface area contributed by atoms with Crippen LogP contribution in [0.15, 0.2) is 65.6 Å². The number of Topliss-reactive ketones (excluding diaryl/α,β-unsaturated/α-hetero) is 1. The van der Waals surface area contributed by atoms with E-state index in [0.717, 1.165) is 5.56 Å². The normalized spacial score (nSPS) is 11.1. The van der Waals surface area contributed by atoms with Crippen LogP contribution in [0.25, 0.3) is 21.9 Å². The number of aliphatic carboxylic acids is 1. The number of carbonyl (C=O) groups excluding carboxylic acids is 1. The summed E-state index contributed by atoms with van der Waals surface area (Å²) in [5.41, 5.74) is 1.86. The first-order valence-electron chi connectivity index (χ1n) is 10.1. The van der Waals surface area contributed by atoms with Crippen LogP contribution in [0.2, 0.25) is 5.02 Å². The zero-order valence-electron chi connectivity index (χ0n) is 17.3. The zero-order valence-corrected chi connectivity index (χ0v) is 18.0. The van der Waals surface area contributed by atoms with Gasteiger partial charge in [-0.2, -0.15) is 5.10 Å². The molecule has 4 aromatic rings. The fourth-order valence-electron chi connectivity index (χ4n) is 3.80. The van der Waals surface area contributed by atoms with Gasteiger partial charge in [-0.25, -0.2) is 0 Å². The number of pyridine rings is 1. The molecule has 32 heavy (non-hydrogen) atoms. The van der Waals surface area contributed by atoms with E-state index in [4.69, 9.17) is 16.7 Å². The van der Waals surface area contributed by atoms with Gasteiger partial charge in [0.25, 0.3) is 5.56 Å². The molecule has 0 radical (unpaired) electrons. The lowest BCUT2D eigenvalue weighted by Crippen LogP contribution is -2.28. The van der Waals surface area contributed by atoms with Crippen LogP contribution in [0.4, 0.5) is 0 Å². The summed E-state index contributed by atoms with van der Waals surface area (Å²) in [6.45, 7) is 1.49. The molecule has 0 aliphatic heterocycles. The smallest absolute Gasteiger partial charge is 0.325 e. The number of benzene rings is 2. The first kappa shape index (κ1) is 21.5. The third-order valence-electron chi connectivity index (χ3n) is 5.19. The Labute approximate surface area is 188 Å². The summed E-state index contributed by atoms with van der Waals surface area (Å²) in [6.07, 6.45) is 1.74. The Morgan fingerprint density at radius 3 is 2.50 bits per heavy atom. The number of carbonyl (C=O) groups is 2. The van der Waals surface area contributed by atoms with Gasteiger partial charge in [0.1, 0.15) is 6.54 Å². The maximum Gasteiger partial charge on any atom is 0.325 e. The van der Waals surface area contributed by atoms with Crippen LogP contribution < -0.4 is 5.56 Å². The quantitative estimate of drug-likeness (QED) is 0.426. The van der Waals surface area contributed by atoms with Crippen LogP contribution in [0.1, 0.15) is 29.5 Å². The molecule has 0 aliphatic rings. The number of carboxylic acids is 1. The molecule has 4 rings (SSSR count). The summed E-state index contributed by atoms with van der Waals surface area (Å²) < 4.78 is 2.71. The van der Waals surface area contributed by atoms with E-state index in [1.165, 1.54) is 15.4 Å². The summed E-state index contributed by atoms with van der Waals surface area (Å²) in [7, 11) is 0. The van der Waals surface area contributed by atoms with E-state index in [9.17, 15) is 14.4 Å². The average Bonchev–Trinajstić information content (AvgIpc) is 3.21. The topological polar surface area (TPSA) is 94.2 Å². The molecule has 1 N–H and O–H groups in total. The lowest BCUT2D eigenvalue weighted by Gasteiger charge is -2.19. The predicted molar refractivity (Wildman–Crippen MR) is 122 cm³/mol. The minimum absolute atomic E-state index is 0.0327. The molecule has 0 aliphatic carbocycles. The number of aromatic nitrogens is 3. The van der Waals surface area contributed by atoms with E-state index in [1.807, 2.05) is 30.3 Å². The number of hydrogen-bond donors (Lipinski definition) is 1. The molecule has 0 unspecified atom stereocenters. The second-order valence-electron chi connectivity index (χ2n) is 7.35. The molecular formula is C24H20ClN3O4. The first-order valence-corrected chi connectivity index (χ1v) is 10.5. The molecule has 0 fully saturated rings. The number of ketones is 1. The van der Waals surface area contributed by atoms with Crippen molar-refractivity contribution in [1.82, 2.24) is 14.3 Å². The Bertz CT molecular complexity index is 1390. The lowest BCUT2D eigenvalue weighted by molar-refractivity contribution is -0.137. The summed E-state index contributed by atoms with van der Waals surface area (Å²) in [5.74, 6) is -1.21. The molecule has 0 saturated carbocycles. The van der Waals surface area contributed by atoms with Gasteiger partial charge in [-0.1, -0.05) is 48.9 Å². The van der Waals surface area contributed by atoms with Gasteiger partial charge < -0.3 is 5.11 Å². The van der Waals surface area contributed by atoms with Gasteiger partial charge in [0, 0.05) is 28.6 Å². The van der Waals surface area contributed by atoms with Crippen LogP contribution in [0.5, 0.6) is 0 Å². The molecule has 0 spiro atoms. The van der Waals surface area contributed by atoms with Crippen LogP contribution in [0, 0.1) is 0 Å². The van der Waals surface area contributed by atoms with Crippen LogP contribution in [-0.2, 0) is 17.9 Å². The summed E-state index contributed by atoms with van der Waals surface area (Å²) in [4.78, 5) is 37.6. The molecule has 2 aromatic heterocycles. The van der Waals surface area contributed by atoms with Gasteiger partial charge in [-0.3, -0.25) is 23.6 Å². The summed E-state index contributed by atoms with van der Waals surface area (Å²) in [6, 6.07) is 16.0. The van der Waals surface area contributed by atoms with E-state index in [1.54, 1.807) is 31.2 Å². The average molecular weight is 450 g/mol. The number of nitrogens with zero attached hydrogens (tertiary/aromatic N) is 3. The lowest BCUT2D eigenvalue weighted by atomic mass is 9.94. The number of hydrogen-bond acceptors (Lipinski definition) is 4. The van der Waals surface area contributed by atoms with Crippen LogP contribution in [0.3, 0.4) is 0 Å². The molecule has 0 bridgehead atoms. The first-order chi connectivity index (χ1) is 15.4. The van der Waals surface area contributed by atoms with Crippen molar-refractivity contribution in [1.29, 1.82) is 0 Å². The maximum atomic E-state index is 13.5. The highest BCUT2D eigenvalue weighted by Gasteiger charge is 2.23. The monoisotopic (exact) mass is 449 g/mol. The maximum absolute atomic E-state index is 13.5. The molecule has 2 heterocycles. The molecular weight excluding hydrogens is 430 g/mol. The Hall–Kier alpha value is -3.71. The van der Waals surface area contributed by atoms with Gasteiger partial charge in [0.05, 0.1) is 17.9 Å². The summed E-state index contributed by atoms with van der Waals surface area (Å²) >= 11 is 6.26. The van der Waals surface area contributed by atoms with Crippen molar-refractivity contribution >= 4 is 34.1 Å². The number of carboxylic acid groups (broad SMARTS) is 1. The van der Waals surface area contributed by atoms with E-state index < -0.39 is 5.97 Å². The minimum atomic E-state index is -1.02. The van der Waals surface area contributed by atoms with Crippen molar-refractivity contribution in [3.63, 3.8) is 0 Å². The van der Waals surface area contributed by atoms with Crippen LogP contribution >= 0.6 is 11.6 Å². The highest BCUT2D eigenvalue weighted by atomic mass is 35.5. The summed E-state index contributed by atoms with van der Waals surface area (Å²) in [5, 5.41) is 14.8. The number of halogens is 1. The largest absolute Gasteiger partial charge is 0.480 e. The van der Waals surface area contributed by atoms with Crippen molar-refractivity contribution in [2.24, 2.45) is 0 Å². The minimum Gasteiger partial charge on any atom is -0.480 e. The predicted octanol–water partition coefficient (Wildman–Crippen LogP) is 4.24. The molecule has 8 heteroatoms. The standard InChI is InChI=1S/C24H20ClN3O4/c1-2-20(29)23-22(15-6-4-3-5-7-15)19-12-16(25)8-9-18(19)24(32)28(23)13-17-10-11-27(26-17)14-21(30)31/h3-12H,2,13-14H2,1H3,(H,30,31). The van der Waals surface area contributed by atoms with Gasteiger partial charge in [0.15, 0.2) is 5.78 Å². The highest BCUT2D eigenvalue weighted by Crippen LogP contribution is 2.33. The molecule has 0 atom stereocenters. The van der Waals surface area contributed by atoms with Crippen molar-refractivity contribution in [3.05, 3.63) is 87.6 Å². The zero-order chi connectivity index (χ0) is 22.8. The third kappa shape index (κ3) is 4.07. The van der Waals surface area contributed by atoms with Crippen molar-refractivity contribution in [3.8, 4) is 11.1 Å². The third-order valence-corrected chi connectivity index (χ3v) is 5.43. The SMILES string of the molecule is CCC(=O)c1c(-c2ccccc2)c2cc(Cl)ccc2c(=O)n1Cc1ccn(CC(=O)O)n1. The second kappa shape index (κ2) is 8.80. The van der Waals surface area contributed by atoms with E-state index in [2.05, 4.69) is 5.10 Å². The fraction of sp³-hybridized carbons (Fsp3) is 0.167. The Balaban J connectivity index is 2.02. The van der Waals surface area contributed by atoms with Crippen molar-refractivity contribution < 1.29 is 14.7 Å². The number of rotatable bonds is 7. The Morgan fingerprint density at radius 1 is 1.06 bits per heavy atom. The molecule has 7 nitrogen and oxygen atoms in total. The Morgan fingerprint density at radius 2 is 1.81 bits per heavy atom. The van der Waals surface area contributed by atoms with Gasteiger partial charge in [-0.05, 0) is 35.2 Å². The van der Waals surface area contributed by atoms with E-state index in [0.29, 0.717) is 27.1 Å².